The van der Waals surface area contributed by atoms with Gasteiger partial charge in [0.2, 0.25) is 15.9 Å². The number of rotatable bonds is 8. The van der Waals surface area contributed by atoms with Crippen molar-refractivity contribution in [3.05, 3.63) is 90.0 Å². The highest BCUT2D eigenvalue weighted by Crippen LogP contribution is 2.32. The van der Waals surface area contributed by atoms with Crippen molar-refractivity contribution in [1.82, 2.24) is 9.62 Å². The Morgan fingerprint density at radius 1 is 1.03 bits per heavy atom. The van der Waals surface area contributed by atoms with Crippen molar-refractivity contribution in [3.8, 4) is 11.1 Å². The highest BCUT2D eigenvalue weighted by Gasteiger charge is 2.40. The Morgan fingerprint density at radius 2 is 1.68 bits per heavy atom. The maximum Gasteiger partial charge on any atom is 0.249 e. The maximum atomic E-state index is 13.4. The molecule has 8 heteroatoms. The van der Waals surface area contributed by atoms with E-state index in [1.54, 1.807) is 24.3 Å². The molecular weight excluding hydrogens is 468 g/mol. The largest absolute Gasteiger partial charge is 0.396 e. The number of aryl methyl sites for hydroxylation is 1. The van der Waals surface area contributed by atoms with Crippen molar-refractivity contribution < 1.29 is 18.3 Å². The highest BCUT2D eigenvalue weighted by molar-refractivity contribution is 8.02. The molecular formula is C26H28N2O4S2. The number of benzene rings is 3. The van der Waals surface area contributed by atoms with Crippen LogP contribution >= 0.6 is 11.8 Å². The number of hydrogen-bond acceptors (Lipinski definition) is 5. The summed E-state index contributed by atoms with van der Waals surface area (Å²) in [5.41, 5.74) is 3.85. The third kappa shape index (κ3) is 5.20. The van der Waals surface area contributed by atoms with E-state index in [4.69, 9.17) is 0 Å². The maximum absolute atomic E-state index is 13.4. The summed E-state index contributed by atoms with van der Waals surface area (Å²) in [6.45, 7) is 2.12. The third-order valence-corrected chi connectivity index (χ3v) is 9.15. The van der Waals surface area contributed by atoms with Crippen LogP contribution in [-0.4, -0.2) is 48.0 Å². The molecule has 2 unspecified atom stereocenters. The molecule has 3 aromatic rings. The van der Waals surface area contributed by atoms with E-state index in [1.165, 1.54) is 16.1 Å². The van der Waals surface area contributed by atoms with Crippen molar-refractivity contribution in [3.63, 3.8) is 0 Å². The summed E-state index contributed by atoms with van der Waals surface area (Å²) >= 11 is 1.31. The van der Waals surface area contributed by atoms with Gasteiger partial charge in [-0.2, -0.15) is 4.31 Å². The molecule has 1 saturated heterocycles. The molecule has 6 nitrogen and oxygen atoms in total. The van der Waals surface area contributed by atoms with Gasteiger partial charge in [0, 0.05) is 18.9 Å². The molecule has 0 bridgehead atoms. The average Bonchev–Trinajstić information content (AvgIpc) is 3.36. The average molecular weight is 497 g/mol. The van der Waals surface area contributed by atoms with E-state index < -0.39 is 21.4 Å². The van der Waals surface area contributed by atoms with E-state index in [0.29, 0.717) is 12.2 Å². The number of thioether (sulfide) groups is 1. The van der Waals surface area contributed by atoms with Crippen molar-refractivity contribution in [1.29, 1.82) is 0 Å². The number of amides is 1. The number of carbonyl (C=O) groups is 1. The normalized spacial score (nSPS) is 17.4. The van der Waals surface area contributed by atoms with Gasteiger partial charge in [-0.3, -0.25) is 4.79 Å². The minimum Gasteiger partial charge on any atom is -0.396 e. The second kappa shape index (κ2) is 10.7. The van der Waals surface area contributed by atoms with Gasteiger partial charge in [0.15, 0.2) is 0 Å². The fraction of sp³-hybridized carbons (Fsp3) is 0.269. The molecule has 4 rings (SSSR count). The molecule has 0 aromatic heterocycles. The number of sulfonamides is 1. The van der Waals surface area contributed by atoms with Gasteiger partial charge in [-0.25, -0.2) is 8.42 Å². The fourth-order valence-corrected chi connectivity index (χ4v) is 7.23. The Balaban J connectivity index is 1.53. The summed E-state index contributed by atoms with van der Waals surface area (Å²) in [4.78, 5) is 13.4. The van der Waals surface area contributed by atoms with Gasteiger partial charge in [-0.15, -0.1) is 11.8 Å². The second-order valence-electron chi connectivity index (χ2n) is 8.16. The van der Waals surface area contributed by atoms with Crippen LogP contribution in [0.1, 0.15) is 23.6 Å². The lowest BCUT2D eigenvalue weighted by Crippen LogP contribution is -2.45. The number of aliphatic hydroxyl groups is 1. The molecule has 0 radical (unpaired) electrons. The van der Waals surface area contributed by atoms with Crippen molar-refractivity contribution in [2.75, 3.05) is 18.9 Å². The Morgan fingerprint density at radius 3 is 2.35 bits per heavy atom. The van der Waals surface area contributed by atoms with E-state index in [1.807, 2.05) is 61.5 Å². The number of nitrogens with zero attached hydrogens (tertiary/aromatic N) is 1. The first-order valence-corrected chi connectivity index (χ1v) is 13.7. The van der Waals surface area contributed by atoms with E-state index in [9.17, 15) is 18.3 Å². The first-order valence-electron chi connectivity index (χ1n) is 11.2. The molecule has 1 aliphatic heterocycles. The Kier molecular flexibility index (Phi) is 7.73. The summed E-state index contributed by atoms with van der Waals surface area (Å²) in [5, 5.41) is 11.7. The molecule has 0 saturated carbocycles. The minimum atomic E-state index is -3.85. The van der Waals surface area contributed by atoms with E-state index in [-0.39, 0.29) is 24.0 Å². The van der Waals surface area contributed by atoms with Crippen molar-refractivity contribution in [2.45, 2.75) is 29.7 Å². The van der Waals surface area contributed by atoms with Gasteiger partial charge < -0.3 is 10.4 Å². The predicted molar refractivity (Wildman–Crippen MR) is 136 cm³/mol. The summed E-state index contributed by atoms with van der Waals surface area (Å²) in [6.07, 6.45) is 0.349. The van der Waals surface area contributed by atoms with Gasteiger partial charge in [-0.1, -0.05) is 66.7 Å². The number of nitrogens with one attached hydrogen (secondary N) is 1. The van der Waals surface area contributed by atoms with Crippen molar-refractivity contribution >= 4 is 27.7 Å². The van der Waals surface area contributed by atoms with Crippen LogP contribution in [0.15, 0.2) is 83.8 Å². The molecule has 0 aliphatic carbocycles. The van der Waals surface area contributed by atoms with E-state index >= 15 is 0 Å². The SMILES string of the molecule is Cc1ccccc1C(CCO)NC(=O)C1SCCN1S(=O)(=O)c1ccc(-c2ccccc2)cc1. The van der Waals surface area contributed by atoms with Crippen LogP contribution in [0.4, 0.5) is 0 Å². The molecule has 178 valence electrons. The van der Waals surface area contributed by atoms with Gasteiger partial charge >= 0.3 is 0 Å². The Bertz CT molecular complexity index is 1230. The van der Waals surface area contributed by atoms with Crippen LogP contribution < -0.4 is 5.32 Å². The van der Waals surface area contributed by atoms with Gasteiger partial charge in [0.05, 0.1) is 10.9 Å². The van der Waals surface area contributed by atoms with Crippen LogP contribution in [0, 0.1) is 6.92 Å². The standard InChI is InChI=1S/C26H28N2O4S2/c1-19-7-5-6-10-23(19)24(15-17-29)27-25(30)26-28(16-18-33-26)34(31,32)22-13-11-21(12-14-22)20-8-3-2-4-9-20/h2-14,24,26,29H,15-18H2,1H3,(H,27,30). The molecule has 2 N–H and O–H groups in total. The first kappa shape index (κ1) is 24.5. The van der Waals surface area contributed by atoms with Crippen LogP contribution in [0.3, 0.4) is 0 Å². The Labute approximate surface area is 205 Å². The lowest BCUT2D eigenvalue weighted by Gasteiger charge is -2.26. The van der Waals surface area contributed by atoms with Crippen LogP contribution in [0.25, 0.3) is 11.1 Å². The molecule has 3 aromatic carbocycles. The zero-order valence-electron chi connectivity index (χ0n) is 18.9. The Hall–Kier alpha value is -2.65. The predicted octanol–water partition coefficient (Wildman–Crippen LogP) is 3.97. The van der Waals surface area contributed by atoms with E-state index in [0.717, 1.165) is 22.3 Å². The zero-order chi connectivity index (χ0) is 24.1. The van der Waals surface area contributed by atoms with Gasteiger partial charge in [0.1, 0.15) is 5.37 Å². The zero-order valence-corrected chi connectivity index (χ0v) is 20.6. The van der Waals surface area contributed by atoms with Crippen LogP contribution in [0.5, 0.6) is 0 Å². The molecule has 1 aliphatic rings. The lowest BCUT2D eigenvalue weighted by molar-refractivity contribution is -0.123. The van der Waals surface area contributed by atoms with E-state index in [2.05, 4.69) is 5.32 Å². The summed E-state index contributed by atoms with van der Waals surface area (Å²) in [6, 6.07) is 23.8. The fourth-order valence-electron chi connectivity index (χ4n) is 4.15. The summed E-state index contributed by atoms with van der Waals surface area (Å²) in [5.74, 6) is 0.169. The summed E-state index contributed by atoms with van der Waals surface area (Å²) < 4.78 is 28.1. The van der Waals surface area contributed by atoms with Crippen LogP contribution in [-0.2, 0) is 14.8 Å². The number of carbonyl (C=O) groups excluding carboxylic acids is 1. The number of aliphatic hydroxyl groups excluding tert-OH is 1. The first-order chi connectivity index (χ1) is 16.4. The van der Waals surface area contributed by atoms with Crippen LogP contribution in [0.2, 0.25) is 0 Å². The number of hydrogen-bond donors (Lipinski definition) is 2. The molecule has 34 heavy (non-hydrogen) atoms. The molecule has 1 amide bonds. The topological polar surface area (TPSA) is 86.7 Å². The summed E-state index contributed by atoms with van der Waals surface area (Å²) in [7, 11) is -3.85. The molecule has 1 fully saturated rings. The smallest absolute Gasteiger partial charge is 0.249 e. The quantitative estimate of drug-likeness (QED) is 0.493. The molecule has 0 spiro atoms. The molecule has 1 heterocycles. The van der Waals surface area contributed by atoms with Gasteiger partial charge in [0.25, 0.3) is 0 Å². The second-order valence-corrected chi connectivity index (χ2v) is 11.2. The lowest BCUT2D eigenvalue weighted by atomic mass is 9.99. The third-order valence-electron chi connectivity index (χ3n) is 5.94. The minimum absolute atomic E-state index is 0.0904. The highest BCUT2D eigenvalue weighted by atomic mass is 32.2. The van der Waals surface area contributed by atoms with Crippen molar-refractivity contribution in [2.24, 2.45) is 0 Å². The molecule has 2 atom stereocenters. The van der Waals surface area contributed by atoms with Gasteiger partial charge in [-0.05, 0) is 47.7 Å². The monoisotopic (exact) mass is 496 g/mol.